The SMILES string of the molecule is CC1CCN(c2ccc(NC(=O)CCNc3ccc(C#N)cc3)cc2)CC1. The maximum Gasteiger partial charge on any atom is 0.226 e. The van der Waals surface area contributed by atoms with Gasteiger partial charge in [0.1, 0.15) is 0 Å². The Morgan fingerprint density at radius 3 is 2.33 bits per heavy atom. The summed E-state index contributed by atoms with van der Waals surface area (Å²) < 4.78 is 0. The summed E-state index contributed by atoms with van der Waals surface area (Å²) in [7, 11) is 0. The summed E-state index contributed by atoms with van der Waals surface area (Å²) in [4.78, 5) is 14.5. The number of hydrogen-bond acceptors (Lipinski definition) is 4. The first kappa shape index (κ1) is 18.8. The highest BCUT2D eigenvalue weighted by molar-refractivity contribution is 5.91. The Labute approximate surface area is 161 Å². The van der Waals surface area contributed by atoms with E-state index in [9.17, 15) is 4.79 Å². The molecule has 27 heavy (non-hydrogen) atoms. The molecule has 1 aliphatic heterocycles. The second-order valence-electron chi connectivity index (χ2n) is 7.13. The average Bonchev–Trinajstić information content (AvgIpc) is 2.70. The van der Waals surface area contributed by atoms with Crippen molar-refractivity contribution in [1.29, 1.82) is 5.26 Å². The third-order valence-corrected chi connectivity index (χ3v) is 5.00. The second kappa shape index (κ2) is 9.09. The second-order valence-corrected chi connectivity index (χ2v) is 7.13. The van der Waals surface area contributed by atoms with Crippen LogP contribution in [-0.4, -0.2) is 25.5 Å². The number of benzene rings is 2. The van der Waals surface area contributed by atoms with Crippen LogP contribution in [-0.2, 0) is 4.79 Å². The maximum atomic E-state index is 12.1. The average molecular weight is 362 g/mol. The van der Waals surface area contributed by atoms with E-state index >= 15 is 0 Å². The molecular weight excluding hydrogens is 336 g/mol. The highest BCUT2D eigenvalue weighted by Crippen LogP contribution is 2.24. The largest absolute Gasteiger partial charge is 0.385 e. The summed E-state index contributed by atoms with van der Waals surface area (Å²) in [6.07, 6.45) is 2.86. The van der Waals surface area contributed by atoms with Gasteiger partial charge in [0.05, 0.1) is 11.6 Å². The molecule has 2 aromatic rings. The van der Waals surface area contributed by atoms with Gasteiger partial charge < -0.3 is 15.5 Å². The van der Waals surface area contributed by atoms with Crippen LogP contribution < -0.4 is 15.5 Å². The van der Waals surface area contributed by atoms with Crippen molar-refractivity contribution >= 4 is 23.0 Å². The predicted molar refractivity (Wildman–Crippen MR) is 110 cm³/mol. The topological polar surface area (TPSA) is 68.2 Å². The van der Waals surface area contributed by atoms with Crippen LogP contribution in [0.3, 0.4) is 0 Å². The highest BCUT2D eigenvalue weighted by atomic mass is 16.1. The van der Waals surface area contributed by atoms with Gasteiger partial charge in [-0.25, -0.2) is 0 Å². The van der Waals surface area contributed by atoms with Crippen LogP contribution in [0.15, 0.2) is 48.5 Å². The third kappa shape index (κ3) is 5.49. The van der Waals surface area contributed by atoms with E-state index < -0.39 is 0 Å². The number of nitrogens with zero attached hydrogens (tertiary/aromatic N) is 2. The third-order valence-electron chi connectivity index (χ3n) is 5.00. The summed E-state index contributed by atoms with van der Waals surface area (Å²) in [5.74, 6) is 0.799. The summed E-state index contributed by atoms with van der Waals surface area (Å²) in [5, 5.41) is 14.9. The van der Waals surface area contributed by atoms with Gasteiger partial charge in [-0.1, -0.05) is 6.92 Å². The molecule has 1 amide bonds. The molecule has 0 saturated carbocycles. The molecule has 0 atom stereocenters. The highest BCUT2D eigenvalue weighted by Gasteiger charge is 2.15. The first-order chi connectivity index (χ1) is 13.1. The zero-order valence-electron chi connectivity index (χ0n) is 15.7. The van der Waals surface area contributed by atoms with Gasteiger partial charge in [0.2, 0.25) is 5.91 Å². The number of rotatable bonds is 6. The van der Waals surface area contributed by atoms with E-state index in [0.717, 1.165) is 30.4 Å². The number of nitriles is 1. The first-order valence-corrected chi connectivity index (χ1v) is 9.53. The van der Waals surface area contributed by atoms with Gasteiger partial charge in [-0.3, -0.25) is 4.79 Å². The lowest BCUT2D eigenvalue weighted by atomic mass is 9.99. The maximum absolute atomic E-state index is 12.1. The van der Waals surface area contributed by atoms with Crippen LogP contribution in [0.25, 0.3) is 0 Å². The normalized spacial score (nSPS) is 14.4. The number of hydrogen-bond donors (Lipinski definition) is 2. The molecule has 0 aromatic heterocycles. The smallest absolute Gasteiger partial charge is 0.226 e. The van der Waals surface area contributed by atoms with Gasteiger partial charge in [-0.15, -0.1) is 0 Å². The molecule has 0 unspecified atom stereocenters. The molecule has 1 heterocycles. The number of piperidine rings is 1. The van der Waals surface area contributed by atoms with Crippen LogP contribution in [0.2, 0.25) is 0 Å². The summed E-state index contributed by atoms with van der Waals surface area (Å²) >= 11 is 0. The van der Waals surface area contributed by atoms with Crippen molar-refractivity contribution in [3.63, 3.8) is 0 Å². The molecule has 1 fully saturated rings. The first-order valence-electron chi connectivity index (χ1n) is 9.53. The van der Waals surface area contributed by atoms with Gasteiger partial charge in [0.15, 0.2) is 0 Å². The lowest BCUT2D eigenvalue weighted by molar-refractivity contribution is -0.115. The Kier molecular flexibility index (Phi) is 6.32. The summed E-state index contributed by atoms with van der Waals surface area (Å²) in [6.45, 7) is 5.07. The van der Waals surface area contributed by atoms with Crippen molar-refractivity contribution in [3.8, 4) is 6.07 Å². The molecule has 0 bridgehead atoms. The van der Waals surface area contributed by atoms with Crippen LogP contribution in [0.1, 0.15) is 31.7 Å². The van der Waals surface area contributed by atoms with Crippen LogP contribution in [0.4, 0.5) is 17.1 Å². The van der Waals surface area contributed by atoms with Crippen molar-refractivity contribution in [1.82, 2.24) is 0 Å². The van der Waals surface area contributed by atoms with E-state index in [0.29, 0.717) is 18.5 Å². The number of anilines is 3. The minimum atomic E-state index is -0.0179. The lowest BCUT2D eigenvalue weighted by Crippen LogP contribution is -2.32. The van der Waals surface area contributed by atoms with Gasteiger partial charge >= 0.3 is 0 Å². The molecule has 2 aromatic carbocycles. The van der Waals surface area contributed by atoms with Crippen LogP contribution in [0.5, 0.6) is 0 Å². The van der Waals surface area contributed by atoms with Crippen molar-refractivity contribution in [3.05, 3.63) is 54.1 Å². The van der Waals surface area contributed by atoms with Gasteiger partial charge in [0.25, 0.3) is 0 Å². The monoisotopic (exact) mass is 362 g/mol. The molecule has 0 radical (unpaired) electrons. The number of nitrogens with one attached hydrogen (secondary N) is 2. The Hall–Kier alpha value is -3.00. The molecule has 1 saturated heterocycles. The molecule has 140 valence electrons. The number of amides is 1. The van der Waals surface area contributed by atoms with E-state index in [1.165, 1.54) is 18.5 Å². The van der Waals surface area contributed by atoms with E-state index in [4.69, 9.17) is 5.26 Å². The summed E-state index contributed by atoms with van der Waals surface area (Å²) in [6, 6.07) is 17.4. The van der Waals surface area contributed by atoms with E-state index in [2.05, 4.69) is 40.7 Å². The standard InChI is InChI=1S/C22H26N4O/c1-17-11-14-26(15-12-17)21-8-6-20(7-9-21)25-22(27)10-13-24-19-4-2-18(16-23)3-5-19/h2-9,17,24H,10-15H2,1H3,(H,25,27). The molecule has 5 nitrogen and oxygen atoms in total. The van der Waals surface area contributed by atoms with Crippen molar-refractivity contribution in [2.24, 2.45) is 5.92 Å². The van der Waals surface area contributed by atoms with E-state index in [1.807, 2.05) is 24.3 Å². The molecular formula is C22H26N4O. The lowest BCUT2D eigenvalue weighted by Gasteiger charge is -2.32. The zero-order chi connectivity index (χ0) is 19.1. The van der Waals surface area contributed by atoms with Crippen LogP contribution >= 0.6 is 0 Å². The Balaban J connectivity index is 1.43. The Bertz CT molecular complexity index is 785. The minimum absolute atomic E-state index is 0.0179. The molecule has 3 rings (SSSR count). The Morgan fingerprint density at radius 2 is 1.70 bits per heavy atom. The predicted octanol–water partition coefficient (Wildman–Crippen LogP) is 4.24. The minimum Gasteiger partial charge on any atom is -0.385 e. The molecule has 1 aliphatic rings. The Morgan fingerprint density at radius 1 is 1.07 bits per heavy atom. The molecule has 0 aliphatic carbocycles. The fraction of sp³-hybridized carbons (Fsp3) is 0.364. The molecule has 5 heteroatoms. The fourth-order valence-corrected chi connectivity index (χ4v) is 3.23. The van der Waals surface area contributed by atoms with Gasteiger partial charge in [0, 0.05) is 43.1 Å². The van der Waals surface area contributed by atoms with Crippen molar-refractivity contribution in [2.75, 3.05) is 35.2 Å². The van der Waals surface area contributed by atoms with Crippen LogP contribution in [0, 0.1) is 17.2 Å². The molecule has 0 spiro atoms. The van der Waals surface area contributed by atoms with E-state index in [1.54, 1.807) is 12.1 Å². The zero-order valence-corrected chi connectivity index (χ0v) is 15.7. The van der Waals surface area contributed by atoms with Crippen molar-refractivity contribution in [2.45, 2.75) is 26.2 Å². The van der Waals surface area contributed by atoms with Crippen molar-refractivity contribution < 1.29 is 4.79 Å². The quantitative estimate of drug-likeness (QED) is 0.807. The van der Waals surface area contributed by atoms with Gasteiger partial charge in [-0.2, -0.15) is 5.26 Å². The fourth-order valence-electron chi connectivity index (χ4n) is 3.23. The summed E-state index contributed by atoms with van der Waals surface area (Å²) in [5.41, 5.74) is 3.58. The number of carbonyl (C=O) groups excluding carboxylic acids is 1. The number of carbonyl (C=O) groups is 1. The van der Waals surface area contributed by atoms with Gasteiger partial charge in [-0.05, 0) is 67.3 Å². The molecule has 2 N–H and O–H groups in total. The van der Waals surface area contributed by atoms with E-state index in [-0.39, 0.29) is 5.91 Å².